The Balaban J connectivity index is 0.00000264. The fourth-order valence-electron chi connectivity index (χ4n) is 3.09. The lowest BCUT2D eigenvalue weighted by Crippen LogP contribution is -2.45. The molecule has 1 aromatic carbocycles. The van der Waals surface area contributed by atoms with E-state index in [1.807, 2.05) is 0 Å². The summed E-state index contributed by atoms with van der Waals surface area (Å²) < 4.78 is 0. The van der Waals surface area contributed by atoms with Crippen molar-refractivity contribution in [2.45, 2.75) is 38.6 Å². The highest BCUT2D eigenvalue weighted by Crippen LogP contribution is 2.35. The zero-order valence-corrected chi connectivity index (χ0v) is 15.6. The highest BCUT2D eigenvalue weighted by atomic mass is 35.5. The molecule has 2 N–H and O–H groups in total. The fourth-order valence-corrected chi connectivity index (χ4v) is 3.09. The van der Waals surface area contributed by atoms with Crippen LogP contribution in [0.5, 0.6) is 5.75 Å². The number of phenols is 1. The molecule has 1 fully saturated rings. The van der Waals surface area contributed by atoms with Crippen LogP contribution < -0.4 is 5.32 Å². The summed E-state index contributed by atoms with van der Waals surface area (Å²) in [5.74, 6) is 0.0937. The summed E-state index contributed by atoms with van der Waals surface area (Å²) in [6.45, 7) is 5.71. The van der Waals surface area contributed by atoms with Gasteiger partial charge in [-0.15, -0.1) is 24.8 Å². The number of nitro benzene ring substituents is 1. The largest absolute Gasteiger partial charge is 0.508 e. The number of benzene rings is 1. The topological polar surface area (TPSA) is 78.6 Å². The first kappa shape index (κ1) is 22.9. The third-order valence-corrected chi connectivity index (χ3v) is 4.24. The Hall–Kier alpha value is -1.08. The molecule has 6 nitrogen and oxygen atoms in total. The summed E-state index contributed by atoms with van der Waals surface area (Å²) in [6.07, 6.45) is 4.17. The molecule has 1 heterocycles. The number of nitrogens with one attached hydrogen (secondary N) is 1. The molecule has 0 unspecified atom stereocenters. The maximum Gasteiger partial charge on any atom is 0.274 e. The second-order valence-corrected chi connectivity index (χ2v) is 5.80. The van der Waals surface area contributed by atoms with Crippen LogP contribution in [-0.4, -0.2) is 41.1 Å². The Morgan fingerprint density at radius 3 is 2.54 bits per heavy atom. The third kappa shape index (κ3) is 6.09. The van der Waals surface area contributed by atoms with Crippen LogP contribution in [0.2, 0.25) is 0 Å². The van der Waals surface area contributed by atoms with Gasteiger partial charge in [-0.25, -0.2) is 0 Å². The Bertz CT molecular complexity index is 511. The zero-order chi connectivity index (χ0) is 15.9. The summed E-state index contributed by atoms with van der Waals surface area (Å²) in [5.41, 5.74) is 0.751. The summed E-state index contributed by atoms with van der Waals surface area (Å²) in [6, 6.07) is 4.38. The van der Waals surface area contributed by atoms with E-state index in [2.05, 4.69) is 17.1 Å². The molecule has 0 spiro atoms. The van der Waals surface area contributed by atoms with E-state index in [-0.39, 0.29) is 47.2 Å². The number of hydrogen-bond acceptors (Lipinski definition) is 5. The van der Waals surface area contributed by atoms with E-state index in [1.54, 1.807) is 6.07 Å². The van der Waals surface area contributed by atoms with E-state index in [0.29, 0.717) is 5.56 Å². The standard InChI is InChI=1S/C16H25N3O3.2ClH/c1-2-3-4-5-15(18-10-8-17-9-11-18)14-12-13(20)6-7-16(14)19(21)22;;/h6-7,12,15,17,20H,2-5,8-11H2,1H3;2*1H/t15-;;/m0../s1. The minimum absolute atomic E-state index is 0. The predicted molar refractivity (Wildman–Crippen MR) is 101 cm³/mol. The van der Waals surface area contributed by atoms with Gasteiger partial charge in [0.2, 0.25) is 0 Å². The molecular formula is C16H27Cl2N3O3. The zero-order valence-electron chi connectivity index (χ0n) is 13.9. The van der Waals surface area contributed by atoms with E-state index in [9.17, 15) is 15.2 Å². The van der Waals surface area contributed by atoms with Gasteiger partial charge in [0.1, 0.15) is 5.75 Å². The molecule has 0 aromatic heterocycles. The van der Waals surface area contributed by atoms with Crippen molar-refractivity contribution in [2.75, 3.05) is 26.2 Å². The first-order valence-electron chi connectivity index (χ1n) is 8.05. The van der Waals surface area contributed by atoms with Gasteiger partial charge in [0.25, 0.3) is 5.69 Å². The van der Waals surface area contributed by atoms with E-state index < -0.39 is 0 Å². The molecule has 138 valence electrons. The average molecular weight is 380 g/mol. The van der Waals surface area contributed by atoms with Crippen LogP contribution in [0, 0.1) is 10.1 Å². The molecule has 0 aliphatic carbocycles. The highest BCUT2D eigenvalue weighted by Gasteiger charge is 2.28. The van der Waals surface area contributed by atoms with Gasteiger partial charge in [-0.05, 0) is 18.6 Å². The van der Waals surface area contributed by atoms with Crippen LogP contribution in [0.25, 0.3) is 0 Å². The summed E-state index contributed by atoms with van der Waals surface area (Å²) in [4.78, 5) is 13.3. The van der Waals surface area contributed by atoms with Crippen LogP contribution in [0.1, 0.15) is 44.2 Å². The van der Waals surface area contributed by atoms with Crippen molar-refractivity contribution in [3.63, 3.8) is 0 Å². The van der Waals surface area contributed by atoms with Crippen molar-refractivity contribution in [2.24, 2.45) is 0 Å². The highest BCUT2D eigenvalue weighted by molar-refractivity contribution is 5.85. The maximum atomic E-state index is 11.3. The summed E-state index contributed by atoms with van der Waals surface area (Å²) in [5, 5.41) is 24.4. The molecule has 0 amide bonds. The number of rotatable bonds is 7. The molecule has 24 heavy (non-hydrogen) atoms. The Labute approximate surface area is 155 Å². The Morgan fingerprint density at radius 2 is 1.96 bits per heavy atom. The molecule has 8 heteroatoms. The number of halogens is 2. The lowest BCUT2D eigenvalue weighted by molar-refractivity contribution is -0.386. The van der Waals surface area contributed by atoms with Crippen molar-refractivity contribution in [3.8, 4) is 5.75 Å². The normalized spacial score (nSPS) is 15.9. The lowest BCUT2D eigenvalue weighted by Gasteiger charge is -2.35. The predicted octanol–water partition coefficient (Wildman–Crippen LogP) is 3.67. The Kier molecular flexibility index (Phi) is 11.0. The minimum Gasteiger partial charge on any atom is -0.508 e. The molecule has 1 saturated heterocycles. The number of hydrogen-bond donors (Lipinski definition) is 2. The number of unbranched alkanes of at least 4 members (excludes halogenated alkanes) is 2. The van der Waals surface area contributed by atoms with E-state index >= 15 is 0 Å². The monoisotopic (exact) mass is 379 g/mol. The average Bonchev–Trinajstić information content (AvgIpc) is 2.52. The van der Waals surface area contributed by atoms with Crippen molar-refractivity contribution in [1.29, 1.82) is 0 Å². The first-order chi connectivity index (χ1) is 10.6. The van der Waals surface area contributed by atoms with Gasteiger partial charge in [0.05, 0.1) is 10.5 Å². The Morgan fingerprint density at radius 1 is 1.29 bits per heavy atom. The first-order valence-corrected chi connectivity index (χ1v) is 8.05. The summed E-state index contributed by atoms with van der Waals surface area (Å²) in [7, 11) is 0. The molecule has 2 rings (SSSR count). The minimum atomic E-state index is -0.343. The number of piperazine rings is 1. The molecule has 1 atom stereocenters. The summed E-state index contributed by atoms with van der Waals surface area (Å²) >= 11 is 0. The molecule has 0 bridgehead atoms. The van der Waals surface area contributed by atoms with Gasteiger partial charge in [0.15, 0.2) is 0 Å². The molecule has 1 aromatic rings. The van der Waals surface area contributed by atoms with Crippen LogP contribution >= 0.6 is 24.8 Å². The van der Waals surface area contributed by atoms with E-state index in [0.717, 1.165) is 51.9 Å². The second-order valence-electron chi connectivity index (χ2n) is 5.80. The number of nitrogens with zero attached hydrogens (tertiary/aromatic N) is 2. The van der Waals surface area contributed by atoms with Crippen molar-refractivity contribution in [3.05, 3.63) is 33.9 Å². The molecule has 1 aliphatic rings. The fraction of sp³-hybridized carbons (Fsp3) is 0.625. The van der Waals surface area contributed by atoms with Gasteiger partial charge in [-0.2, -0.15) is 0 Å². The van der Waals surface area contributed by atoms with Gasteiger partial charge in [0, 0.05) is 38.3 Å². The molecule has 0 radical (unpaired) electrons. The van der Waals surface area contributed by atoms with Gasteiger partial charge >= 0.3 is 0 Å². The van der Waals surface area contributed by atoms with E-state index in [1.165, 1.54) is 12.1 Å². The van der Waals surface area contributed by atoms with Gasteiger partial charge < -0.3 is 10.4 Å². The molecule has 0 saturated carbocycles. The molecule has 1 aliphatic heterocycles. The lowest BCUT2D eigenvalue weighted by atomic mass is 9.96. The van der Waals surface area contributed by atoms with Crippen molar-refractivity contribution >= 4 is 30.5 Å². The van der Waals surface area contributed by atoms with Gasteiger partial charge in [-0.3, -0.25) is 15.0 Å². The number of aromatic hydroxyl groups is 1. The van der Waals surface area contributed by atoms with Crippen LogP contribution in [0.4, 0.5) is 5.69 Å². The molecular weight excluding hydrogens is 353 g/mol. The van der Waals surface area contributed by atoms with Crippen LogP contribution in [0.3, 0.4) is 0 Å². The smallest absolute Gasteiger partial charge is 0.274 e. The van der Waals surface area contributed by atoms with Gasteiger partial charge in [-0.1, -0.05) is 26.2 Å². The number of nitro groups is 1. The quantitative estimate of drug-likeness (QED) is 0.429. The van der Waals surface area contributed by atoms with Crippen molar-refractivity contribution < 1.29 is 10.0 Å². The second kappa shape index (κ2) is 11.5. The third-order valence-electron chi connectivity index (χ3n) is 4.24. The van der Waals surface area contributed by atoms with Crippen LogP contribution in [0.15, 0.2) is 18.2 Å². The maximum absolute atomic E-state index is 11.3. The number of phenolic OH excluding ortho intramolecular Hbond substituents is 1. The van der Waals surface area contributed by atoms with E-state index in [4.69, 9.17) is 0 Å². The van der Waals surface area contributed by atoms with Crippen molar-refractivity contribution in [1.82, 2.24) is 10.2 Å². The van der Waals surface area contributed by atoms with Crippen LogP contribution in [-0.2, 0) is 0 Å². The SMILES string of the molecule is CCCCC[C@@H](c1cc(O)ccc1[N+](=O)[O-])N1CCNCC1.Cl.Cl.